The molecule has 4 aromatic rings. The molecular weight excluding hydrogens is 322 g/mol. The number of rotatable bonds is 3. The zero-order valence-electron chi connectivity index (χ0n) is 14.9. The van der Waals surface area contributed by atoms with Crippen molar-refractivity contribution < 1.29 is 5.11 Å². The maximum atomic E-state index is 9.47. The molecule has 0 saturated carbocycles. The van der Waals surface area contributed by atoms with Gasteiger partial charge in [-0.1, -0.05) is 30.3 Å². The fourth-order valence-electron chi connectivity index (χ4n) is 3.36. The number of nitrogens with two attached hydrogens (primary N) is 1. The topological polar surface area (TPSA) is 71.2 Å². The van der Waals surface area contributed by atoms with Gasteiger partial charge in [0, 0.05) is 22.1 Å². The van der Waals surface area contributed by atoms with Crippen LogP contribution < -0.4 is 11.1 Å². The lowest BCUT2D eigenvalue weighted by Gasteiger charge is -2.16. The molecule has 0 aliphatic rings. The van der Waals surface area contributed by atoms with E-state index < -0.39 is 0 Å². The van der Waals surface area contributed by atoms with Gasteiger partial charge in [0.25, 0.3) is 0 Å². The highest BCUT2D eigenvalue weighted by Gasteiger charge is 2.12. The second kappa shape index (κ2) is 6.32. The largest absolute Gasteiger partial charge is 0.399 e. The van der Waals surface area contributed by atoms with Gasteiger partial charge in [-0.15, -0.1) is 0 Å². The van der Waals surface area contributed by atoms with E-state index in [1.54, 1.807) is 6.07 Å². The predicted octanol–water partition coefficient (Wildman–Crippen LogP) is 4.82. The summed E-state index contributed by atoms with van der Waals surface area (Å²) in [6, 6.07) is 17.9. The van der Waals surface area contributed by atoms with E-state index >= 15 is 0 Å². The van der Waals surface area contributed by atoms with Crippen LogP contribution >= 0.6 is 0 Å². The molecule has 1 heterocycles. The monoisotopic (exact) mass is 343 g/mol. The van der Waals surface area contributed by atoms with Crippen LogP contribution in [0.1, 0.15) is 16.7 Å². The number of aliphatic hydroxyl groups is 1. The number of fused-ring (bicyclic) bond motifs is 2. The highest BCUT2D eigenvalue weighted by molar-refractivity contribution is 6.09. The number of nitrogen functional groups attached to an aromatic ring is 1. The maximum Gasteiger partial charge on any atom is 0.0762 e. The van der Waals surface area contributed by atoms with Gasteiger partial charge < -0.3 is 16.2 Å². The van der Waals surface area contributed by atoms with Crippen LogP contribution in [0.15, 0.2) is 54.6 Å². The van der Waals surface area contributed by atoms with Crippen LogP contribution in [0, 0.1) is 13.8 Å². The van der Waals surface area contributed by atoms with E-state index in [4.69, 9.17) is 10.7 Å². The number of aliphatic hydroxyl groups excluding tert-OH is 1. The lowest BCUT2D eigenvalue weighted by molar-refractivity contribution is 0.282. The third-order valence-electron chi connectivity index (χ3n) is 4.84. The first-order valence-electron chi connectivity index (χ1n) is 8.63. The van der Waals surface area contributed by atoms with E-state index in [1.165, 1.54) is 11.1 Å². The number of benzene rings is 3. The van der Waals surface area contributed by atoms with Crippen molar-refractivity contribution in [2.24, 2.45) is 0 Å². The first kappa shape index (κ1) is 16.4. The van der Waals surface area contributed by atoms with E-state index in [9.17, 15) is 5.11 Å². The summed E-state index contributed by atoms with van der Waals surface area (Å²) in [6.45, 7) is 4.16. The molecule has 0 spiro atoms. The second-order valence-electron chi connectivity index (χ2n) is 6.65. The van der Waals surface area contributed by atoms with Crippen LogP contribution in [-0.4, -0.2) is 10.1 Å². The van der Waals surface area contributed by atoms with E-state index in [2.05, 4.69) is 37.4 Å². The van der Waals surface area contributed by atoms with E-state index in [0.29, 0.717) is 5.69 Å². The minimum atomic E-state index is -0.0458. The van der Waals surface area contributed by atoms with Crippen LogP contribution in [0.2, 0.25) is 0 Å². The molecule has 26 heavy (non-hydrogen) atoms. The Kier molecular flexibility index (Phi) is 3.98. The first-order chi connectivity index (χ1) is 12.6. The normalized spacial score (nSPS) is 11.2. The third kappa shape index (κ3) is 2.74. The standard InChI is InChI=1S/C22H21N3O/c1-13-7-8-19-21(14(13)2)25-20-6-4-3-5-18(20)22(19)24-17-10-15(12-26)9-16(23)11-17/h3-11,26H,12,23H2,1-2H3,(H,24,25). The summed E-state index contributed by atoms with van der Waals surface area (Å²) in [5, 5.41) is 15.1. The predicted molar refractivity (Wildman–Crippen MR) is 109 cm³/mol. The van der Waals surface area contributed by atoms with Gasteiger partial charge in [0.1, 0.15) is 0 Å². The number of nitrogens with one attached hydrogen (secondary N) is 1. The molecule has 0 fully saturated rings. The molecule has 4 rings (SSSR count). The summed E-state index contributed by atoms with van der Waals surface area (Å²) in [7, 11) is 0. The van der Waals surface area contributed by atoms with Crippen molar-refractivity contribution in [3.63, 3.8) is 0 Å². The number of hydrogen-bond donors (Lipinski definition) is 3. The summed E-state index contributed by atoms with van der Waals surface area (Å²) < 4.78 is 0. The Bertz CT molecular complexity index is 1140. The second-order valence-corrected chi connectivity index (χ2v) is 6.65. The average molecular weight is 343 g/mol. The molecule has 0 bridgehead atoms. The van der Waals surface area contributed by atoms with Crippen LogP contribution in [0.4, 0.5) is 17.1 Å². The fraction of sp³-hybridized carbons (Fsp3) is 0.136. The van der Waals surface area contributed by atoms with Crippen molar-refractivity contribution in [2.75, 3.05) is 11.1 Å². The molecule has 3 aromatic carbocycles. The zero-order chi connectivity index (χ0) is 18.3. The minimum Gasteiger partial charge on any atom is -0.399 e. The van der Waals surface area contributed by atoms with Gasteiger partial charge in [-0.3, -0.25) is 0 Å². The highest BCUT2D eigenvalue weighted by atomic mass is 16.3. The molecule has 0 amide bonds. The SMILES string of the molecule is Cc1ccc2c(Nc3cc(N)cc(CO)c3)c3ccccc3nc2c1C. The van der Waals surface area contributed by atoms with Crippen molar-refractivity contribution in [3.8, 4) is 0 Å². The molecule has 0 radical (unpaired) electrons. The third-order valence-corrected chi connectivity index (χ3v) is 4.84. The Morgan fingerprint density at radius 1 is 1.00 bits per heavy atom. The number of aromatic nitrogens is 1. The van der Waals surface area contributed by atoms with Crippen LogP contribution in [0.3, 0.4) is 0 Å². The van der Waals surface area contributed by atoms with Gasteiger partial charge in [0.15, 0.2) is 0 Å². The van der Waals surface area contributed by atoms with Crippen molar-refractivity contribution in [1.82, 2.24) is 4.98 Å². The Morgan fingerprint density at radius 3 is 2.62 bits per heavy atom. The molecule has 1 aromatic heterocycles. The Balaban J connectivity index is 2.00. The maximum absolute atomic E-state index is 9.47. The quantitative estimate of drug-likeness (QED) is 0.368. The number of para-hydroxylation sites is 1. The molecular formula is C22H21N3O. The molecule has 0 unspecified atom stereocenters. The number of pyridine rings is 1. The molecule has 130 valence electrons. The van der Waals surface area contributed by atoms with E-state index in [0.717, 1.165) is 38.7 Å². The van der Waals surface area contributed by atoms with Crippen molar-refractivity contribution >= 4 is 38.9 Å². The van der Waals surface area contributed by atoms with Gasteiger partial charge >= 0.3 is 0 Å². The van der Waals surface area contributed by atoms with Gasteiger partial charge in [0.2, 0.25) is 0 Å². The smallest absolute Gasteiger partial charge is 0.0762 e. The summed E-state index contributed by atoms with van der Waals surface area (Å²) in [4.78, 5) is 4.89. The van der Waals surface area contributed by atoms with E-state index in [-0.39, 0.29) is 6.61 Å². The van der Waals surface area contributed by atoms with Gasteiger partial charge in [0.05, 0.1) is 23.3 Å². The lowest BCUT2D eigenvalue weighted by atomic mass is 10.0. The van der Waals surface area contributed by atoms with Crippen molar-refractivity contribution in [3.05, 3.63) is 71.3 Å². The fourth-order valence-corrected chi connectivity index (χ4v) is 3.36. The van der Waals surface area contributed by atoms with Crippen LogP contribution in [0.25, 0.3) is 21.8 Å². The molecule has 0 aliphatic heterocycles. The number of hydrogen-bond acceptors (Lipinski definition) is 4. The number of anilines is 3. The van der Waals surface area contributed by atoms with Crippen molar-refractivity contribution in [1.29, 1.82) is 0 Å². The molecule has 0 saturated heterocycles. The first-order valence-corrected chi connectivity index (χ1v) is 8.63. The zero-order valence-corrected chi connectivity index (χ0v) is 14.9. The Morgan fingerprint density at radius 2 is 1.81 bits per heavy atom. The van der Waals surface area contributed by atoms with Gasteiger partial charge in [-0.2, -0.15) is 0 Å². The molecule has 4 nitrogen and oxygen atoms in total. The summed E-state index contributed by atoms with van der Waals surface area (Å²) in [5.41, 5.74) is 13.6. The molecule has 4 N–H and O–H groups in total. The Labute approximate surface area is 152 Å². The highest BCUT2D eigenvalue weighted by Crippen LogP contribution is 2.35. The van der Waals surface area contributed by atoms with Crippen LogP contribution in [-0.2, 0) is 6.61 Å². The van der Waals surface area contributed by atoms with Gasteiger partial charge in [-0.05, 0) is 54.8 Å². The van der Waals surface area contributed by atoms with Gasteiger partial charge in [-0.25, -0.2) is 4.98 Å². The van der Waals surface area contributed by atoms with E-state index in [1.807, 2.05) is 30.3 Å². The molecule has 0 atom stereocenters. The minimum absolute atomic E-state index is 0.0458. The summed E-state index contributed by atoms with van der Waals surface area (Å²) >= 11 is 0. The lowest BCUT2D eigenvalue weighted by Crippen LogP contribution is -1.99. The number of nitrogens with zero attached hydrogens (tertiary/aromatic N) is 1. The summed E-state index contributed by atoms with van der Waals surface area (Å²) in [5.74, 6) is 0. The van der Waals surface area contributed by atoms with Crippen molar-refractivity contribution in [2.45, 2.75) is 20.5 Å². The van der Waals surface area contributed by atoms with Crippen LogP contribution in [0.5, 0.6) is 0 Å². The summed E-state index contributed by atoms with van der Waals surface area (Å²) in [6.07, 6.45) is 0. The molecule has 4 heteroatoms. The number of aryl methyl sites for hydroxylation is 2. The molecule has 0 aliphatic carbocycles. The Hall–Kier alpha value is -3.11. The average Bonchev–Trinajstić information content (AvgIpc) is 2.64.